The Morgan fingerprint density at radius 3 is 2.91 bits per heavy atom. The molecule has 2 nitrogen and oxygen atoms in total. The Morgan fingerprint density at radius 1 is 1.73 bits per heavy atom. The molecule has 1 aromatic rings. The standard InChI is InChI=1S/C8H14N2S/c1-4-7(2)10(3)8-9-5-6-11-8/h5-7H,4H2,1-3H3. The van der Waals surface area contributed by atoms with Gasteiger partial charge in [-0.25, -0.2) is 4.98 Å². The topological polar surface area (TPSA) is 16.1 Å². The summed E-state index contributed by atoms with van der Waals surface area (Å²) in [5, 5.41) is 3.12. The lowest BCUT2D eigenvalue weighted by atomic mass is 10.2. The second-order valence-electron chi connectivity index (χ2n) is 2.68. The first-order chi connectivity index (χ1) is 5.25. The highest BCUT2D eigenvalue weighted by Crippen LogP contribution is 2.18. The normalized spacial score (nSPS) is 13.0. The Kier molecular flexibility index (Phi) is 2.88. The number of rotatable bonds is 3. The number of thiazole rings is 1. The molecule has 0 aliphatic rings. The molecule has 3 heteroatoms. The number of anilines is 1. The van der Waals surface area contributed by atoms with Crippen molar-refractivity contribution in [3.63, 3.8) is 0 Å². The molecule has 1 aromatic heterocycles. The highest BCUT2D eigenvalue weighted by Gasteiger charge is 2.08. The van der Waals surface area contributed by atoms with Crippen molar-refractivity contribution in [1.29, 1.82) is 0 Å². The highest BCUT2D eigenvalue weighted by molar-refractivity contribution is 7.13. The van der Waals surface area contributed by atoms with Gasteiger partial charge in [0.05, 0.1) is 0 Å². The van der Waals surface area contributed by atoms with Crippen molar-refractivity contribution in [2.24, 2.45) is 0 Å². The minimum absolute atomic E-state index is 0.584. The first kappa shape index (κ1) is 8.53. The molecule has 0 aliphatic carbocycles. The van der Waals surface area contributed by atoms with E-state index < -0.39 is 0 Å². The zero-order chi connectivity index (χ0) is 8.27. The summed E-state index contributed by atoms with van der Waals surface area (Å²) in [6, 6.07) is 0.584. The molecule has 1 unspecified atom stereocenters. The summed E-state index contributed by atoms with van der Waals surface area (Å²) in [5.41, 5.74) is 0. The predicted molar refractivity (Wildman–Crippen MR) is 50.3 cm³/mol. The van der Waals surface area contributed by atoms with Crippen LogP contribution in [0.25, 0.3) is 0 Å². The van der Waals surface area contributed by atoms with Gasteiger partial charge in [-0.15, -0.1) is 11.3 Å². The van der Waals surface area contributed by atoms with Crippen LogP contribution in [-0.2, 0) is 0 Å². The van der Waals surface area contributed by atoms with Gasteiger partial charge in [-0.2, -0.15) is 0 Å². The summed E-state index contributed by atoms with van der Waals surface area (Å²) in [6.45, 7) is 4.40. The Balaban J connectivity index is 2.62. The fourth-order valence-corrected chi connectivity index (χ4v) is 1.56. The molecule has 62 valence electrons. The van der Waals surface area contributed by atoms with E-state index in [0.717, 1.165) is 11.6 Å². The molecule has 0 saturated carbocycles. The van der Waals surface area contributed by atoms with Crippen LogP contribution in [0, 0.1) is 0 Å². The molecule has 0 amide bonds. The molecule has 1 rings (SSSR count). The van der Waals surface area contributed by atoms with E-state index in [9.17, 15) is 0 Å². The Hall–Kier alpha value is -0.570. The van der Waals surface area contributed by atoms with Crippen molar-refractivity contribution in [3.05, 3.63) is 11.6 Å². The Bertz CT molecular complexity index is 196. The van der Waals surface area contributed by atoms with Gasteiger partial charge in [0, 0.05) is 24.7 Å². The maximum Gasteiger partial charge on any atom is 0.185 e. The van der Waals surface area contributed by atoms with Gasteiger partial charge >= 0.3 is 0 Å². The summed E-state index contributed by atoms with van der Waals surface area (Å²) in [4.78, 5) is 6.44. The lowest BCUT2D eigenvalue weighted by Gasteiger charge is -2.22. The smallest absolute Gasteiger partial charge is 0.185 e. The molecule has 1 atom stereocenters. The van der Waals surface area contributed by atoms with Crippen molar-refractivity contribution < 1.29 is 0 Å². The van der Waals surface area contributed by atoms with Crippen LogP contribution >= 0.6 is 11.3 Å². The van der Waals surface area contributed by atoms with E-state index in [4.69, 9.17) is 0 Å². The van der Waals surface area contributed by atoms with Gasteiger partial charge in [0.15, 0.2) is 5.13 Å². The van der Waals surface area contributed by atoms with Crippen LogP contribution in [0.15, 0.2) is 11.6 Å². The zero-order valence-electron chi connectivity index (χ0n) is 7.24. The molecule has 0 N–H and O–H groups in total. The molecular formula is C8H14N2S. The molecule has 0 bridgehead atoms. The molecule has 0 aromatic carbocycles. The van der Waals surface area contributed by atoms with E-state index in [-0.39, 0.29) is 0 Å². The number of hydrogen-bond donors (Lipinski definition) is 0. The first-order valence-corrected chi connectivity index (χ1v) is 4.76. The van der Waals surface area contributed by atoms with Crippen molar-refractivity contribution in [2.45, 2.75) is 26.3 Å². The largest absolute Gasteiger partial charge is 0.348 e. The minimum Gasteiger partial charge on any atom is -0.348 e. The summed E-state index contributed by atoms with van der Waals surface area (Å²) in [6.07, 6.45) is 3.01. The molecule has 0 aliphatic heterocycles. The molecule has 11 heavy (non-hydrogen) atoms. The molecule has 0 radical (unpaired) electrons. The van der Waals surface area contributed by atoms with Crippen LogP contribution in [0.2, 0.25) is 0 Å². The van der Waals surface area contributed by atoms with E-state index >= 15 is 0 Å². The van der Waals surface area contributed by atoms with Crippen LogP contribution in [0.5, 0.6) is 0 Å². The third-order valence-electron chi connectivity index (χ3n) is 1.97. The zero-order valence-corrected chi connectivity index (χ0v) is 8.06. The average molecular weight is 170 g/mol. The van der Waals surface area contributed by atoms with E-state index in [1.165, 1.54) is 0 Å². The van der Waals surface area contributed by atoms with E-state index in [1.807, 2.05) is 11.6 Å². The quantitative estimate of drug-likeness (QED) is 0.692. The van der Waals surface area contributed by atoms with Gasteiger partial charge in [0.1, 0.15) is 0 Å². The van der Waals surface area contributed by atoms with Gasteiger partial charge in [-0.3, -0.25) is 0 Å². The molecule has 0 spiro atoms. The van der Waals surface area contributed by atoms with E-state index in [1.54, 1.807) is 11.3 Å². The van der Waals surface area contributed by atoms with Gasteiger partial charge < -0.3 is 4.90 Å². The lowest BCUT2D eigenvalue weighted by molar-refractivity contribution is 0.662. The maximum atomic E-state index is 4.23. The predicted octanol–water partition coefficient (Wildman–Crippen LogP) is 2.38. The fourth-order valence-electron chi connectivity index (χ4n) is 0.853. The SMILES string of the molecule is CCC(C)N(C)c1nccs1. The first-order valence-electron chi connectivity index (χ1n) is 3.88. The summed E-state index contributed by atoms with van der Waals surface area (Å²) in [7, 11) is 2.09. The third kappa shape index (κ3) is 1.93. The maximum absolute atomic E-state index is 4.23. The van der Waals surface area contributed by atoms with Crippen molar-refractivity contribution in [1.82, 2.24) is 4.98 Å². The van der Waals surface area contributed by atoms with Crippen LogP contribution in [0.4, 0.5) is 5.13 Å². The van der Waals surface area contributed by atoms with Crippen LogP contribution in [-0.4, -0.2) is 18.1 Å². The van der Waals surface area contributed by atoms with Crippen molar-refractivity contribution in [3.8, 4) is 0 Å². The molecular weight excluding hydrogens is 156 g/mol. The second kappa shape index (κ2) is 3.72. The van der Waals surface area contributed by atoms with Gasteiger partial charge in [0.2, 0.25) is 0 Å². The summed E-state index contributed by atoms with van der Waals surface area (Å²) in [5.74, 6) is 0. The summed E-state index contributed by atoms with van der Waals surface area (Å²) < 4.78 is 0. The monoisotopic (exact) mass is 170 g/mol. The van der Waals surface area contributed by atoms with Gasteiger partial charge in [-0.1, -0.05) is 6.92 Å². The molecule has 0 saturated heterocycles. The second-order valence-corrected chi connectivity index (χ2v) is 3.56. The number of nitrogens with zero attached hydrogens (tertiary/aromatic N) is 2. The Labute approximate surface area is 71.9 Å². The Morgan fingerprint density at radius 2 is 2.45 bits per heavy atom. The lowest BCUT2D eigenvalue weighted by Crippen LogP contribution is -2.27. The van der Waals surface area contributed by atoms with Crippen molar-refractivity contribution in [2.75, 3.05) is 11.9 Å². The average Bonchev–Trinajstić information content (AvgIpc) is 2.53. The van der Waals surface area contributed by atoms with Crippen LogP contribution in [0.3, 0.4) is 0 Å². The van der Waals surface area contributed by atoms with Crippen molar-refractivity contribution >= 4 is 16.5 Å². The minimum atomic E-state index is 0.584. The molecule has 1 heterocycles. The van der Waals surface area contributed by atoms with E-state index in [2.05, 4.69) is 30.8 Å². The number of aromatic nitrogens is 1. The third-order valence-corrected chi connectivity index (χ3v) is 2.84. The summed E-state index contributed by atoms with van der Waals surface area (Å²) >= 11 is 1.69. The van der Waals surface area contributed by atoms with Gasteiger partial charge in [-0.05, 0) is 13.3 Å². The molecule has 0 fully saturated rings. The van der Waals surface area contributed by atoms with Crippen LogP contribution < -0.4 is 4.90 Å². The van der Waals surface area contributed by atoms with Gasteiger partial charge in [0.25, 0.3) is 0 Å². The number of hydrogen-bond acceptors (Lipinski definition) is 3. The van der Waals surface area contributed by atoms with Crippen LogP contribution in [0.1, 0.15) is 20.3 Å². The van der Waals surface area contributed by atoms with E-state index in [0.29, 0.717) is 6.04 Å². The fraction of sp³-hybridized carbons (Fsp3) is 0.625. The highest BCUT2D eigenvalue weighted by atomic mass is 32.1.